The second-order valence-electron chi connectivity index (χ2n) is 3.69. The molecule has 88 valence electrons. The summed E-state index contributed by atoms with van der Waals surface area (Å²) in [4.78, 5) is 11.5. The van der Waals surface area contributed by atoms with Crippen molar-refractivity contribution >= 4 is 23.2 Å². The highest BCUT2D eigenvalue weighted by Gasteiger charge is 2.10. The van der Waals surface area contributed by atoms with Gasteiger partial charge in [-0.15, -0.1) is 4.73 Å². The maximum absolute atomic E-state index is 11.5. The number of rotatable bonds is 1. The number of benzene rings is 1. The van der Waals surface area contributed by atoms with Gasteiger partial charge in [0.05, 0.1) is 10.7 Å². The van der Waals surface area contributed by atoms with Crippen LogP contribution in [0.25, 0.3) is 11.3 Å². The van der Waals surface area contributed by atoms with Crippen LogP contribution in [0, 0.1) is 6.92 Å². The first-order chi connectivity index (χ1) is 7.99. The molecule has 1 aromatic heterocycles. The van der Waals surface area contributed by atoms with Crippen LogP contribution in [-0.2, 0) is 0 Å². The first-order valence-electron chi connectivity index (χ1n) is 4.87. The first-order valence-corrected chi connectivity index (χ1v) is 5.63. The van der Waals surface area contributed by atoms with Gasteiger partial charge in [-0.05, 0) is 36.8 Å². The summed E-state index contributed by atoms with van der Waals surface area (Å²) in [5.41, 5.74) is 1.08. The molecule has 0 atom stereocenters. The van der Waals surface area contributed by atoms with Crippen molar-refractivity contribution in [2.24, 2.45) is 0 Å². The molecule has 5 heteroatoms. The molecule has 0 bridgehead atoms. The zero-order valence-corrected chi connectivity index (χ0v) is 10.5. The molecule has 1 heterocycles. The van der Waals surface area contributed by atoms with Crippen molar-refractivity contribution in [1.29, 1.82) is 0 Å². The highest BCUT2D eigenvalue weighted by molar-refractivity contribution is 6.35. The number of aryl methyl sites for hydroxylation is 1. The summed E-state index contributed by atoms with van der Waals surface area (Å²) in [6, 6.07) is 7.86. The Bertz CT molecular complexity index is 635. The molecule has 0 aliphatic heterocycles. The Hall–Kier alpha value is -1.45. The lowest BCUT2D eigenvalue weighted by atomic mass is 10.1. The van der Waals surface area contributed by atoms with E-state index >= 15 is 0 Å². The molecule has 1 aromatic carbocycles. The van der Waals surface area contributed by atoms with Crippen LogP contribution in [0.5, 0.6) is 0 Å². The lowest BCUT2D eigenvalue weighted by Gasteiger charge is -2.09. The van der Waals surface area contributed by atoms with E-state index < -0.39 is 5.56 Å². The molecule has 2 rings (SSSR count). The lowest BCUT2D eigenvalue weighted by Crippen LogP contribution is -2.18. The Morgan fingerprint density at radius 1 is 1.18 bits per heavy atom. The number of nitrogens with zero attached hydrogens (tertiary/aromatic N) is 1. The summed E-state index contributed by atoms with van der Waals surface area (Å²) in [7, 11) is 0. The fourth-order valence-corrected chi connectivity index (χ4v) is 1.97. The number of halogens is 2. The Kier molecular flexibility index (Phi) is 3.13. The molecule has 2 aromatic rings. The van der Waals surface area contributed by atoms with Crippen LogP contribution in [0.2, 0.25) is 10.0 Å². The van der Waals surface area contributed by atoms with Crippen molar-refractivity contribution in [3.05, 3.63) is 56.3 Å². The number of hydrogen-bond donors (Lipinski definition) is 1. The molecule has 3 nitrogen and oxygen atoms in total. The molecule has 0 amide bonds. The zero-order chi connectivity index (χ0) is 12.6. The first kappa shape index (κ1) is 12.0. The van der Waals surface area contributed by atoms with Crippen LogP contribution >= 0.6 is 23.2 Å². The van der Waals surface area contributed by atoms with Gasteiger partial charge in [-0.25, -0.2) is 0 Å². The van der Waals surface area contributed by atoms with Crippen molar-refractivity contribution < 1.29 is 5.21 Å². The SMILES string of the molecule is Cc1cc(-c2cc(Cl)ccc2Cl)n(O)c(=O)c1. The van der Waals surface area contributed by atoms with E-state index in [0.717, 1.165) is 5.56 Å². The minimum Gasteiger partial charge on any atom is -0.425 e. The van der Waals surface area contributed by atoms with E-state index in [1.54, 1.807) is 31.2 Å². The number of aromatic nitrogens is 1. The molecule has 1 N–H and O–H groups in total. The summed E-state index contributed by atoms with van der Waals surface area (Å²) in [6.07, 6.45) is 0. The van der Waals surface area contributed by atoms with Gasteiger partial charge in [-0.1, -0.05) is 23.2 Å². The summed E-state index contributed by atoms with van der Waals surface area (Å²) < 4.78 is 0.560. The lowest BCUT2D eigenvalue weighted by molar-refractivity contribution is 0.179. The third-order valence-corrected chi connectivity index (χ3v) is 2.92. The Morgan fingerprint density at radius 2 is 1.88 bits per heavy atom. The largest absolute Gasteiger partial charge is 0.425 e. The van der Waals surface area contributed by atoms with Gasteiger partial charge in [0.25, 0.3) is 5.56 Å². The molecule has 0 aliphatic carbocycles. The van der Waals surface area contributed by atoms with Crippen molar-refractivity contribution in [1.82, 2.24) is 4.73 Å². The normalized spacial score (nSPS) is 10.5. The maximum Gasteiger partial charge on any atom is 0.283 e. The van der Waals surface area contributed by atoms with Crippen molar-refractivity contribution in [3.63, 3.8) is 0 Å². The third-order valence-electron chi connectivity index (χ3n) is 2.36. The fourth-order valence-electron chi connectivity index (χ4n) is 1.58. The molecular formula is C12H9Cl2NO2. The van der Waals surface area contributed by atoms with Crippen LogP contribution in [0.1, 0.15) is 5.56 Å². The Morgan fingerprint density at radius 3 is 2.59 bits per heavy atom. The smallest absolute Gasteiger partial charge is 0.283 e. The Balaban J connectivity index is 2.76. The van der Waals surface area contributed by atoms with E-state index in [1.165, 1.54) is 6.07 Å². The van der Waals surface area contributed by atoms with Gasteiger partial charge >= 0.3 is 0 Å². The van der Waals surface area contributed by atoms with Crippen LogP contribution < -0.4 is 5.56 Å². The Labute approximate surface area is 108 Å². The molecule has 0 aliphatic rings. The quantitative estimate of drug-likeness (QED) is 0.807. The zero-order valence-electron chi connectivity index (χ0n) is 8.95. The van der Waals surface area contributed by atoms with Gasteiger partial charge in [0.2, 0.25) is 0 Å². The fraction of sp³-hybridized carbons (Fsp3) is 0.0833. The average Bonchev–Trinajstić information content (AvgIpc) is 2.27. The summed E-state index contributed by atoms with van der Waals surface area (Å²) >= 11 is 11.9. The van der Waals surface area contributed by atoms with Gasteiger partial charge < -0.3 is 5.21 Å². The minimum absolute atomic E-state index is 0.322. The van der Waals surface area contributed by atoms with E-state index in [1.807, 2.05) is 0 Å². The van der Waals surface area contributed by atoms with Crippen molar-refractivity contribution in [3.8, 4) is 11.3 Å². The molecular weight excluding hydrogens is 261 g/mol. The van der Waals surface area contributed by atoms with Gasteiger partial charge in [-0.3, -0.25) is 4.79 Å². The maximum atomic E-state index is 11.5. The van der Waals surface area contributed by atoms with E-state index in [9.17, 15) is 10.0 Å². The second-order valence-corrected chi connectivity index (χ2v) is 4.54. The molecule has 0 unspecified atom stereocenters. The summed E-state index contributed by atoms with van der Waals surface area (Å²) in [6.45, 7) is 1.77. The molecule has 0 saturated heterocycles. The number of pyridine rings is 1. The van der Waals surface area contributed by atoms with Crippen LogP contribution in [-0.4, -0.2) is 9.94 Å². The summed E-state index contributed by atoms with van der Waals surface area (Å²) in [5, 5.41) is 10.6. The standard InChI is InChI=1S/C12H9Cl2NO2/c1-7-4-11(15(17)12(16)5-7)9-6-8(13)2-3-10(9)14/h2-6,17H,1H3. The molecule has 0 spiro atoms. The van der Waals surface area contributed by atoms with Gasteiger partial charge in [0, 0.05) is 16.7 Å². The van der Waals surface area contributed by atoms with E-state index in [0.29, 0.717) is 26.0 Å². The van der Waals surface area contributed by atoms with Crippen LogP contribution in [0.3, 0.4) is 0 Å². The molecule has 0 radical (unpaired) electrons. The minimum atomic E-state index is -0.504. The van der Waals surface area contributed by atoms with E-state index in [2.05, 4.69) is 0 Å². The highest BCUT2D eigenvalue weighted by Crippen LogP contribution is 2.29. The molecule has 17 heavy (non-hydrogen) atoms. The predicted octanol–water partition coefficient (Wildman–Crippen LogP) is 3.37. The van der Waals surface area contributed by atoms with E-state index in [4.69, 9.17) is 23.2 Å². The van der Waals surface area contributed by atoms with Crippen LogP contribution in [0.15, 0.2) is 35.1 Å². The molecule has 0 saturated carbocycles. The summed E-state index contributed by atoms with van der Waals surface area (Å²) in [5.74, 6) is 0. The van der Waals surface area contributed by atoms with Gasteiger partial charge in [-0.2, -0.15) is 0 Å². The monoisotopic (exact) mass is 269 g/mol. The predicted molar refractivity (Wildman–Crippen MR) is 68.1 cm³/mol. The van der Waals surface area contributed by atoms with Crippen LogP contribution in [0.4, 0.5) is 0 Å². The van der Waals surface area contributed by atoms with E-state index in [-0.39, 0.29) is 0 Å². The average molecular weight is 270 g/mol. The topological polar surface area (TPSA) is 42.2 Å². The second kappa shape index (κ2) is 4.43. The third kappa shape index (κ3) is 2.30. The van der Waals surface area contributed by atoms with Crippen molar-refractivity contribution in [2.75, 3.05) is 0 Å². The van der Waals surface area contributed by atoms with Gasteiger partial charge in [0.1, 0.15) is 0 Å². The van der Waals surface area contributed by atoms with Crippen molar-refractivity contribution in [2.45, 2.75) is 6.92 Å². The number of hydrogen-bond acceptors (Lipinski definition) is 2. The highest BCUT2D eigenvalue weighted by atomic mass is 35.5. The molecule has 0 fully saturated rings. The van der Waals surface area contributed by atoms with Gasteiger partial charge in [0.15, 0.2) is 0 Å².